The minimum absolute atomic E-state index is 0.00749. The van der Waals surface area contributed by atoms with Crippen molar-refractivity contribution in [2.45, 2.75) is 25.1 Å². The van der Waals surface area contributed by atoms with Crippen molar-refractivity contribution in [3.8, 4) is 5.75 Å². The Morgan fingerprint density at radius 2 is 2.08 bits per heavy atom. The number of hydrogen-bond donors (Lipinski definition) is 0. The number of nitrogens with zero attached hydrogens (tertiary/aromatic N) is 3. The van der Waals surface area contributed by atoms with E-state index in [1.807, 2.05) is 0 Å². The molecule has 0 bridgehead atoms. The molecule has 0 saturated carbocycles. The summed E-state index contributed by atoms with van der Waals surface area (Å²) in [7, 11) is 1.74. The van der Waals surface area contributed by atoms with Crippen LogP contribution in [-0.2, 0) is 18.0 Å². The molecule has 9 heteroatoms. The van der Waals surface area contributed by atoms with Crippen LogP contribution in [0.1, 0.15) is 18.4 Å². The van der Waals surface area contributed by atoms with Gasteiger partial charge in [0.05, 0.1) is 17.4 Å². The second-order valence-electron chi connectivity index (χ2n) is 5.78. The van der Waals surface area contributed by atoms with Gasteiger partial charge in [-0.05, 0) is 31.0 Å². The van der Waals surface area contributed by atoms with Gasteiger partial charge in [-0.3, -0.25) is 9.48 Å². The maximum absolute atomic E-state index is 12.9. The third kappa shape index (κ3) is 3.97. The van der Waals surface area contributed by atoms with Gasteiger partial charge in [0.2, 0.25) is 0 Å². The molecule has 0 aliphatic carbocycles. The molecule has 0 radical (unpaired) electrons. The predicted octanol–water partition coefficient (Wildman–Crippen LogP) is 3.78. The Morgan fingerprint density at radius 3 is 2.72 bits per heavy atom. The summed E-state index contributed by atoms with van der Waals surface area (Å²) in [6, 6.07) is 3.30. The number of benzene rings is 1. The fourth-order valence-electron chi connectivity index (χ4n) is 2.71. The molecule has 1 unspecified atom stereocenters. The maximum Gasteiger partial charge on any atom is 0.416 e. The predicted molar refractivity (Wildman–Crippen MR) is 88.4 cm³/mol. The molecule has 134 valence electrons. The van der Waals surface area contributed by atoms with Crippen LogP contribution in [-0.4, -0.2) is 28.3 Å². The first kappa shape index (κ1) is 17.8. The van der Waals surface area contributed by atoms with Crippen LogP contribution in [0.2, 0.25) is 0 Å². The number of amides is 1. The zero-order valence-corrected chi connectivity index (χ0v) is 14.8. The van der Waals surface area contributed by atoms with Crippen LogP contribution < -0.4 is 9.64 Å². The number of aryl methyl sites for hydroxylation is 1. The van der Waals surface area contributed by atoms with Crippen LogP contribution >= 0.6 is 15.9 Å². The lowest BCUT2D eigenvalue weighted by Gasteiger charge is -2.31. The molecule has 1 aromatic carbocycles. The molecule has 1 atom stereocenters. The summed E-state index contributed by atoms with van der Waals surface area (Å²) in [5, 5.41) is 4.04. The number of piperidine rings is 1. The largest absolute Gasteiger partial charge is 0.481 e. The van der Waals surface area contributed by atoms with Crippen molar-refractivity contribution in [3.63, 3.8) is 0 Å². The zero-order chi connectivity index (χ0) is 18.2. The number of aromatic nitrogens is 2. The molecule has 25 heavy (non-hydrogen) atoms. The van der Waals surface area contributed by atoms with Gasteiger partial charge in [0.15, 0.2) is 6.10 Å². The Kier molecular flexibility index (Phi) is 4.77. The highest BCUT2D eigenvalue weighted by molar-refractivity contribution is 9.10. The van der Waals surface area contributed by atoms with Crippen LogP contribution in [0.4, 0.5) is 18.9 Å². The van der Waals surface area contributed by atoms with Gasteiger partial charge in [0, 0.05) is 24.3 Å². The van der Waals surface area contributed by atoms with Gasteiger partial charge in [-0.2, -0.15) is 18.3 Å². The van der Waals surface area contributed by atoms with Crippen molar-refractivity contribution >= 4 is 27.5 Å². The van der Waals surface area contributed by atoms with E-state index < -0.39 is 17.8 Å². The summed E-state index contributed by atoms with van der Waals surface area (Å²) in [6.07, 6.45) is -0.901. The summed E-state index contributed by atoms with van der Waals surface area (Å²) >= 11 is 3.05. The van der Waals surface area contributed by atoms with Crippen LogP contribution in [0.15, 0.2) is 35.1 Å². The van der Waals surface area contributed by atoms with Crippen molar-refractivity contribution in [2.24, 2.45) is 7.05 Å². The first-order valence-electron chi connectivity index (χ1n) is 7.58. The van der Waals surface area contributed by atoms with Gasteiger partial charge < -0.3 is 9.64 Å². The summed E-state index contributed by atoms with van der Waals surface area (Å²) in [5.41, 5.74) is -0.185. The molecule has 1 fully saturated rings. The molecule has 0 N–H and O–H groups in total. The summed E-state index contributed by atoms with van der Waals surface area (Å²) < 4.78 is 46.2. The van der Waals surface area contributed by atoms with E-state index in [-0.39, 0.29) is 16.1 Å². The number of alkyl halides is 3. The van der Waals surface area contributed by atoms with E-state index in [1.54, 1.807) is 29.0 Å². The molecule has 1 aliphatic heterocycles. The number of anilines is 1. The van der Waals surface area contributed by atoms with Gasteiger partial charge in [-0.1, -0.05) is 15.9 Å². The molecule has 1 saturated heterocycles. The second kappa shape index (κ2) is 6.70. The van der Waals surface area contributed by atoms with Gasteiger partial charge in [-0.15, -0.1) is 0 Å². The Balaban J connectivity index is 1.80. The van der Waals surface area contributed by atoms with Gasteiger partial charge in [0.25, 0.3) is 5.91 Å². The van der Waals surface area contributed by atoms with Crippen molar-refractivity contribution < 1.29 is 22.7 Å². The first-order valence-corrected chi connectivity index (χ1v) is 8.38. The zero-order valence-electron chi connectivity index (χ0n) is 13.3. The fraction of sp³-hybridized carbons (Fsp3) is 0.375. The Labute approximate surface area is 150 Å². The monoisotopic (exact) mass is 417 g/mol. The highest BCUT2D eigenvalue weighted by atomic mass is 79.9. The number of ether oxygens (including phenoxy) is 1. The second-order valence-corrected chi connectivity index (χ2v) is 6.70. The van der Waals surface area contributed by atoms with E-state index in [2.05, 4.69) is 21.0 Å². The molecule has 1 amide bonds. The maximum atomic E-state index is 12.9. The normalized spacial score (nSPS) is 18.5. The molecule has 1 aliphatic rings. The van der Waals surface area contributed by atoms with E-state index in [4.69, 9.17) is 4.74 Å². The number of carbonyl (C=O) groups excluding carboxylic acids is 1. The summed E-state index contributed by atoms with van der Waals surface area (Å²) in [4.78, 5) is 14.2. The lowest BCUT2D eigenvalue weighted by molar-refractivity contribution is -0.137. The van der Waals surface area contributed by atoms with Gasteiger partial charge >= 0.3 is 6.18 Å². The van der Waals surface area contributed by atoms with Crippen LogP contribution in [0, 0.1) is 0 Å². The first-order chi connectivity index (χ1) is 11.7. The standard InChI is InChI=1S/C16H15BrF3N3O2/c1-22-9-12(8-21-22)23-4-2-3-14(15(23)24)25-13-6-10(16(18,19)20)5-11(17)7-13/h5-9,14H,2-4H2,1H3. The van der Waals surface area contributed by atoms with Gasteiger partial charge in [0.1, 0.15) is 5.75 Å². The summed E-state index contributed by atoms with van der Waals surface area (Å²) in [6.45, 7) is 0.524. The van der Waals surface area contributed by atoms with E-state index in [9.17, 15) is 18.0 Å². The summed E-state index contributed by atoms with van der Waals surface area (Å²) in [5.74, 6) is -0.277. The quantitative estimate of drug-likeness (QED) is 0.763. The van der Waals surface area contributed by atoms with Crippen molar-refractivity contribution in [3.05, 3.63) is 40.6 Å². The van der Waals surface area contributed by atoms with Crippen LogP contribution in [0.5, 0.6) is 5.75 Å². The molecule has 1 aromatic heterocycles. The van der Waals surface area contributed by atoms with E-state index >= 15 is 0 Å². The van der Waals surface area contributed by atoms with E-state index in [0.717, 1.165) is 12.1 Å². The lowest BCUT2D eigenvalue weighted by Crippen LogP contribution is -2.46. The van der Waals surface area contributed by atoms with E-state index in [0.29, 0.717) is 25.1 Å². The average molecular weight is 418 g/mol. The topological polar surface area (TPSA) is 47.4 Å². The Bertz CT molecular complexity index is 791. The van der Waals surface area contributed by atoms with Crippen LogP contribution in [0.3, 0.4) is 0 Å². The third-order valence-electron chi connectivity index (χ3n) is 3.87. The SMILES string of the molecule is Cn1cc(N2CCCC(Oc3cc(Br)cc(C(F)(F)F)c3)C2=O)cn1. The number of rotatable bonds is 3. The molecule has 2 heterocycles. The lowest BCUT2D eigenvalue weighted by atomic mass is 10.1. The van der Waals surface area contributed by atoms with Gasteiger partial charge in [-0.25, -0.2) is 0 Å². The molecule has 0 spiro atoms. The molecular weight excluding hydrogens is 403 g/mol. The Morgan fingerprint density at radius 1 is 1.32 bits per heavy atom. The fourth-order valence-corrected chi connectivity index (χ4v) is 3.19. The highest BCUT2D eigenvalue weighted by Crippen LogP contribution is 2.35. The minimum atomic E-state index is -4.49. The number of hydrogen-bond acceptors (Lipinski definition) is 3. The third-order valence-corrected chi connectivity index (χ3v) is 4.33. The molecule has 3 rings (SSSR count). The van der Waals surface area contributed by atoms with Crippen molar-refractivity contribution in [1.29, 1.82) is 0 Å². The van der Waals surface area contributed by atoms with E-state index in [1.165, 1.54) is 6.07 Å². The Hall–Kier alpha value is -2.03. The highest BCUT2D eigenvalue weighted by Gasteiger charge is 2.34. The van der Waals surface area contributed by atoms with Crippen molar-refractivity contribution in [1.82, 2.24) is 9.78 Å². The average Bonchev–Trinajstić information content (AvgIpc) is 2.94. The minimum Gasteiger partial charge on any atom is -0.481 e. The number of halogens is 4. The molecule has 5 nitrogen and oxygen atoms in total. The number of carbonyl (C=O) groups is 1. The smallest absolute Gasteiger partial charge is 0.416 e. The molecule has 2 aromatic rings. The van der Waals surface area contributed by atoms with Crippen molar-refractivity contribution in [2.75, 3.05) is 11.4 Å². The van der Waals surface area contributed by atoms with Crippen LogP contribution in [0.25, 0.3) is 0 Å². The molecular formula is C16H15BrF3N3O2.